The molecular formula is C19H24N2O6. The molecule has 3 rings (SSSR count). The molecule has 0 radical (unpaired) electrons. The van der Waals surface area contributed by atoms with Crippen LogP contribution in [0.2, 0.25) is 0 Å². The standard InChI is InChI=1S/C19H24N2O6/c1-26-13-6-7-14(16(10-13)27-2)21-11-12(9-17(21)22)18(23)20-8-4-3-5-15(20)19(24)25/h6-7,10,12,15H,3-5,8-9,11H2,1-2H3,(H,24,25)/t12?,15-/m1/s1. The second-order valence-corrected chi connectivity index (χ2v) is 6.82. The summed E-state index contributed by atoms with van der Waals surface area (Å²) in [6, 6.07) is 4.34. The zero-order valence-corrected chi connectivity index (χ0v) is 15.5. The van der Waals surface area contributed by atoms with Crippen LogP contribution in [0, 0.1) is 5.92 Å². The van der Waals surface area contributed by atoms with Crippen molar-refractivity contribution < 1.29 is 29.0 Å². The highest BCUT2D eigenvalue weighted by molar-refractivity contribution is 6.01. The van der Waals surface area contributed by atoms with E-state index in [2.05, 4.69) is 0 Å². The molecule has 0 aromatic heterocycles. The molecule has 27 heavy (non-hydrogen) atoms. The molecule has 2 fully saturated rings. The maximum Gasteiger partial charge on any atom is 0.326 e. The van der Waals surface area contributed by atoms with Gasteiger partial charge < -0.3 is 24.4 Å². The van der Waals surface area contributed by atoms with Gasteiger partial charge in [-0.05, 0) is 31.4 Å². The number of anilines is 1. The molecule has 2 heterocycles. The van der Waals surface area contributed by atoms with Gasteiger partial charge in [-0.1, -0.05) is 0 Å². The Bertz CT molecular complexity index is 750. The monoisotopic (exact) mass is 376 g/mol. The third kappa shape index (κ3) is 3.70. The van der Waals surface area contributed by atoms with Crippen LogP contribution < -0.4 is 14.4 Å². The Kier molecular flexibility index (Phi) is 5.53. The summed E-state index contributed by atoms with van der Waals surface area (Å²) < 4.78 is 10.5. The van der Waals surface area contributed by atoms with E-state index in [1.165, 1.54) is 16.9 Å². The fraction of sp³-hybridized carbons (Fsp3) is 0.526. The summed E-state index contributed by atoms with van der Waals surface area (Å²) in [6.07, 6.45) is 2.10. The number of ether oxygens (including phenoxy) is 2. The number of benzene rings is 1. The minimum atomic E-state index is -0.985. The quantitative estimate of drug-likeness (QED) is 0.837. The van der Waals surface area contributed by atoms with Crippen molar-refractivity contribution in [1.82, 2.24) is 4.90 Å². The highest BCUT2D eigenvalue weighted by Crippen LogP contribution is 2.36. The van der Waals surface area contributed by atoms with Crippen LogP contribution in [0.3, 0.4) is 0 Å². The molecule has 1 aromatic rings. The molecule has 0 bridgehead atoms. The van der Waals surface area contributed by atoms with Gasteiger partial charge in [-0.25, -0.2) is 4.79 Å². The number of carboxylic acids is 1. The van der Waals surface area contributed by atoms with E-state index in [1.54, 1.807) is 25.3 Å². The lowest BCUT2D eigenvalue weighted by molar-refractivity contribution is -0.153. The molecule has 1 unspecified atom stereocenters. The molecule has 2 atom stereocenters. The van der Waals surface area contributed by atoms with E-state index in [4.69, 9.17) is 9.47 Å². The van der Waals surface area contributed by atoms with Crippen LogP contribution in [0.25, 0.3) is 0 Å². The van der Waals surface area contributed by atoms with E-state index < -0.39 is 17.9 Å². The van der Waals surface area contributed by atoms with Crippen molar-refractivity contribution in [2.45, 2.75) is 31.7 Å². The number of rotatable bonds is 5. The Hall–Kier alpha value is -2.77. The molecule has 2 amide bonds. The lowest BCUT2D eigenvalue weighted by atomic mass is 9.98. The van der Waals surface area contributed by atoms with Crippen LogP contribution in [0.1, 0.15) is 25.7 Å². The molecule has 2 aliphatic heterocycles. The highest BCUT2D eigenvalue weighted by Gasteiger charge is 2.41. The van der Waals surface area contributed by atoms with Crippen LogP contribution in [-0.2, 0) is 14.4 Å². The van der Waals surface area contributed by atoms with Crippen molar-refractivity contribution >= 4 is 23.5 Å². The molecule has 0 saturated carbocycles. The molecule has 0 aliphatic carbocycles. The van der Waals surface area contributed by atoms with Crippen molar-refractivity contribution in [3.8, 4) is 11.5 Å². The van der Waals surface area contributed by atoms with Gasteiger partial charge in [0.2, 0.25) is 11.8 Å². The summed E-state index contributed by atoms with van der Waals surface area (Å²) in [4.78, 5) is 39.9. The Morgan fingerprint density at radius 3 is 2.63 bits per heavy atom. The van der Waals surface area contributed by atoms with Gasteiger partial charge in [0.05, 0.1) is 25.8 Å². The Labute approximate surface area is 157 Å². The molecule has 2 aliphatic rings. The van der Waals surface area contributed by atoms with Crippen LogP contribution in [-0.4, -0.2) is 61.1 Å². The number of aliphatic carboxylic acids is 1. The lowest BCUT2D eigenvalue weighted by Gasteiger charge is -2.34. The van der Waals surface area contributed by atoms with Crippen molar-refractivity contribution in [3.05, 3.63) is 18.2 Å². The number of piperidine rings is 1. The SMILES string of the molecule is COc1ccc(N2CC(C(=O)N3CCCC[C@@H]3C(=O)O)CC2=O)c(OC)c1. The average molecular weight is 376 g/mol. The number of nitrogens with zero attached hydrogens (tertiary/aromatic N) is 2. The second-order valence-electron chi connectivity index (χ2n) is 6.82. The normalized spacial score (nSPS) is 22.7. The van der Waals surface area contributed by atoms with E-state index in [9.17, 15) is 19.5 Å². The third-order valence-electron chi connectivity index (χ3n) is 5.22. The molecule has 1 aromatic carbocycles. The van der Waals surface area contributed by atoms with Crippen molar-refractivity contribution in [1.29, 1.82) is 0 Å². The Morgan fingerprint density at radius 1 is 1.19 bits per heavy atom. The number of amides is 2. The van der Waals surface area contributed by atoms with Gasteiger partial charge in [0.15, 0.2) is 0 Å². The van der Waals surface area contributed by atoms with Crippen LogP contribution >= 0.6 is 0 Å². The zero-order valence-electron chi connectivity index (χ0n) is 15.5. The minimum Gasteiger partial charge on any atom is -0.497 e. The topological polar surface area (TPSA) is 96.4 Å². The number of hydrogen-bond donors (Lipinski definition) is 1. The first-order valence-electron chi connectivity index (χ1n) is 9.02. The van der Waals surface area contributed by atoms with E-state index >= 15 is 0 Å². The molecule has 1 N–H and O–H groups in total. The van der Waals surface area contributed by atoms with Gasteiger partial charge >= 0.3 is 5.97 Å². The maximum atomic E-state index is 12.9. The van der Waals surface area contributed by atoms with Crippen LogP contribution in [0.5, 0.6) is 11.5 Å². The largest absolute Gasteiger partial charge is 0.497 e. The summed E-state index contributed by atoms with van der Waals surface area (Å²) in [5, 5.41) is 9.40. The average Bonchev–Trinajstić information content (AvgIpc) is 3.08. The Morgan fingerprint density at radius 2 is 1.96 bits per heavy atom. The van der Waals surface area contributed by atoms with E-state index in [0.717, 1.165) is 12.8 Å². The smallest absolute Gasteiger partial charge is 0.326 e. The summed E-state index contributed by atoms with van der Waals surface area (Å²) in [7, 11) is 3.05. The number of carbonyl (C=O) groups is 3. The molecular weight excluding hydrogens is 352 g/mol. The van der Waals surface area contributed by atoms with Crippen LogP contribution in [0.4, 0.5) is 5.69 Å². The summed E-state index contributed by atoms with van der Waals surface area (Å²) in [5.41, 5.74) is 0.576. The highest BCUT2D eigenvalue weighted by atomic mass is 16.5. The summed E-state index contributed by atoms with van der Waals surface area (Å²) in [5.74, 6) is -0.888. The van der Waals surface area contributed by atoms with Gasteiger partial charge in [-0.2, -0.15) is 0 Å². The number of methoxy groups -OCH3 is 2. The fourth-order valence-electron chi connectivity index (χ4n) is 3.80. The van der Waals surface area contributed by atoms with E-state index in [0.29, 0.717) is 30.2 Å². The summed E-state index contributed by atoms with van der Waals surface area (Å²) in [6.45, 7) is 0.634. The maximum absolute atomic E-state index is 12.9. The van der Waals surface area contributed by atoms with Gasteiger partial charge in [0.1, 0.15) is 17.5 Å². The van der Waals surface area contributed by atoms with Crippen molar-refractivity contribution in [2.75, 3.05) is 32.2 Å². The molecule has 2 saturated heterocycles. The van der Waals surface area contributed by atoms with Gasteiger partial charge in [0, 0.05) is 25.6 Å². The number of carboxylic acid groups (broad SMARTS) is 1. The Balaban J connectivity index is 1.79. The van der Waals surface area contributed by atoms with E-state index in [-0.39, 0.29) is 24.8 Å². The third-order valence-corrected chi connectivity index (χ3v) is 5.22. The summed E-state index contributed by atoms with van der Waals surface area (Å²) >= 11 is 0. The molecule has 8 heteroatoms. The van der Waals surface area contributed by atoms with Gasteiger partial charge in [0.25, 0.3) is 0 Å². The molecule has 8 nitrogen and oxygen atoms in total. The van der Waals surface area contributed by atoms with Gasteiger partial charge in [-0.3, -0.25) is 9.59 Å². The first-order chi connectivity index (χ1) is 13.0. The predicted molar refractivity (Wildman–Crippen MR) is 97.0 cm³/mol. The zero-order chi connectivity index (χ0) is 19.6. The van der Waals surface area contributed by atoms with E-state index in [1.807, 2.05) is 0 Å². The lowest BCUT2D eigenvalue weighted by Crippen LogP contribution is -2.50. The van der Waals surface area contributed by atoms with Crippen molar-refractivity contribution in [2.24, 2.45) is 5.92 Å². The fourth-order valence-corrected chi connectivity index (χ4v) is 3.80. The predicted octanol–water partition coefficient (Wildman–Crippen LogP) is 1.52. The molecule has 146 valence electrons. The first kappa shape index (κ1) is 19.0. The first-order valence-corrected chi connectivity index (χ1v) is 9.02. The second kappa shape index (κ2) is 7.85. The molecule has 0 spiro atoms. The van der Waals surface area contributed by atoms with Crippen LogP contribution in [0.15, 0.2) is 18.2 Å². The number of likely N-dealkylation sites (tertiary alicyclic amines) is 1. The van der Waals surface area contributed by atoms with Crippen molar-refractivity contribution in [3.63, 3.8) is 0 Å². The number of hydrogen-bond acceptors (Lipinski definition) is 5. The minimum absolute atomic E-state index is 0.0663. The van der Waals surface area contributed by atoms with Gasteiger partial charge in [-0.15, -0.1) is 0 Å². The number of carbonyl (C=O) groups excluding carboxylic acids is 2.